The molecule has 0 bridgehead atoms. The molecular formula is C11H14O2. The molecule has 2 heteroatoms. The number of carbonyl (C=O) groups is 1. The van der Waals surface area contributed by atoms with Crippen molar-refractivity contribution in [1.29, 1.82) is 0 Å². The number of aliphatic hydroxyl groups is 1. The normalized spacial score (nSPS) is 12.5. The topological polar surface area (TPSA) is 37.3 Å². The fourth-order valence-electron chi connectivity index (χ4n) is 1.24. The molecule has 13 heavy (non-hydrogen) atoms. The molecule has 1 aromatic rings. The van der Waals surface area contributed by atoms with Gasteiger partial charge in [-0.25, -0.2) is 0 Å². The molecule has 0 aliphatic rings. The number of benzene rings is 1. The maximum absolute atomic E-state index is 11.6. The lowest BCUT2D eigenvalue weighted by molar-refractivity contribution is 0.0856. The van der Waals surface area contributed by atoms with E-state index in [0.717, 1.165) is 0 Å². The summed E-state index contributed by atoms with van der Waals surface area (Å²) in [6, 6.07) is 9.09. The van der Waals surface area contributed by atoms with Crippen molar-refractivity contribution in [1.82, 2.24) is 0 Å². The number of hydrogen-bond donors (Lipinski definition) is 1. The molecule has 1 aromatic carbocycles. The van der Waals surface area contributed by atoms with E-state index < -0.39 is 0 Å². The number of carbonyl (C=O) groups excluding carboxylic acids is 1. The Morgan fingerprint density at radius 3 is 2.46 bits per heavy atom. The van der Waals surface area contributed by atoms with E-state index in [1.165, 1.54) is 0 Å². The summed E-state index contributed by atoms with van der Waals surface area (Å²) >= 11 is 0. The second-order valence-corrected chi connectivity index (χ2v) is 3.02. The van der Waals surface area contributed by atoms with Crippen LogP contribution in [0.2, 0.25) is 0 Å². The van der Waals surface area contributed by atoms with Crippen LogP contribution in [0.5, 0.6) is 0 Å². The van der Waals surface area contributed by atoms with E-state index in [4.69, 9.17) is 5.11 Å². The Morgan fingerprint density at radius 2 is 2.00 bits per heavy atom. The minimum Gasteiger partial charge on any atom is -0.396 e. The highest BCUT2D eigenvalue weighted by molar-refractivity contribution is 5.97. The Balaban J connectivity index is 2.78. The van der Waals surface area contributed by atoms with Gasteiger partial charge in [-0.2, -0.15) is 0 Å². The molecular weight excluding hydrogens is 164 g/mol. The molecule has 0 aliphatic heterocycles. The van der Waals surface area contributed by atoms with E-state index in [0.29, 0.717) is 12.0 Å². The van der Waals surface area contributed by atoms with E-state index in [1.54, 1.807) is 12.1 Å². The summed E-state index contributed by atoms with van der Waals surface area (Å²) in [6.07, 6.45) is 0.685. The van der Waals surface area contributed by atoms with Crippen LogP contribution < -0.4 is 0 Å². The van der Waals surface area contributed by atoms with Crippen LogP contribution in [0.4, 0.5) is 0 Å². The molecule has 0 heterocycles. The molecule has 0 aliphatic carbocycles. The van der Waals surface area contributed by atoms with Crippen molar-refractivity contribution >= 4 is 5.78 Å². The fraction of sp³-hybridized carbons (Fsp3) is 0.364. The van der Waals surface area contributed by atoms with Crippen LogP contribution >= 0.6 is 0 Å². The largest absolute Gasteiger partial charge is 0.396 e. The lowest BCUT2D eigenvalue weighted by Gasteiger charge is -2.09. The maximum atomic E-state index is 11.6. The van der Waals surface area contributed by atoms with Gasteiger partial charge in [0.15, 0.2) is 5.78 Å². The average molecular weight is 178 g/mol. The van der Waals surface area contributed by atoms with Gasteiger partial charge in [0.25, 0.3) is 0 Å². The van der Waals surface area contributed by atoms with Crippen LogP contribution in [0.15, 0.2) is 30.3 Å². The molecule has 0 aromatic heterocycles. The molecule has 0 unspecified atom stereocenters. The molecule has 0 saturated heterocycles. The zero-order chi connectivity index (χ0) is 9.68. The lowest BCUT2D eigenvalue weighted by Crippen LogP contribution is -2.17. The molecule has 0 amide bonds. The van der Waals surface area contributed by atoms with Gasteiger partial charge in [-0.3, -0.25) is 4.79 Å². The van der Waals surface area contributed by atoms with Gasteiger partial charge in [0.05, 0.1) is 6.61 Å². The van der Waals surface area contributed by atoms with Crippen molar-refractivity contribution < 1.29 is 9.90 Å². The molecule has 2 nitrogen and oxygen atoms in total. The summed E-state index contributed by atoms with van der Waals surface area (Å²) in [7, 11) is 0. The van der Waals surface area contributed by atoms with E-state index in [9.17, 15) is 4.79 Å². The number of Topliss-reactive ketones (excluding diaryl/α,β-unsaturated/α-hetero) is 1. The quantitative estimate of drug-likeness (QED) is 0.715. The van der Waals surface area contributed by atoms with E-state index in [-0.39, 0.29) is 18.3 Å². The van der Waals surface area contributed by atoms with Crippen molar-refractivity contribution in [3.8, 4) is 0 Å². The average Bonchev–Trinajstić information content (AvgIpc) is 2.21. The first-order valence-electron chi connectivity index (χ1n) is 4.49. The van der Waals surface area contributed by atoms with Crippen LogP contribution in [0, 0.1) is 5.92 Å². The number of aliphatic hydroxyl groups excluding tert-OH is 1. The van der Waals surface area contributed by atoms with Gasteiger partial charge < -0.3 is 5.11 Å². The van der Waals surface area contributed by atoms with Crippen LogP contribution in [0.1, 0.15) is 23.7 Å². The molecule has 70 valence electrons. The van der Waals surface area contributed by atoms with Crippen LogP contribution in [-0.4, -0.2) is 17.5 Å². The Kier molecular flexibility index (Phi) is 3.65. The lowest BCUT2D eigenvalue weighted by atomic mass is 9.96. The summed E-state index contributed by atoms with van der Waals surface area (Å²) in [5.41, 5.74) is 0.684. The summed E-state index contributed by atoms with van der Waals surface area (Å²) in [6.45, 7) is 1.84. The molecule has 1 N–H and O–H groups in total. The minimum atomic E-state index is -0.248. The van der Waals surface area contributed by atoms with Gasteiger partial charge in [-0.1, -0.05) is 37.3 Å². The second kappa shape index (κ2) is 4.77. The predicted molar refractivity (Wildman–Crippen MR) is 51.6 cm³/mol. The second-order valence-electron chi connectivity index (χ2n) is 3.02. The first-order chi connectivity index (χ1) is 6.29. The Hall–Kier alpha value is -1.15. The first kappa shape index (κ1) is 9.93. The Morgan fingerprint density at radius 1 is 1.38 bits per heavy atom. The number of hydrogen-bond acceptors (Lipinski definition) is 2. The zero-order valence-corrected chi connectivity index (χ0v) is 7.73. The Bertz CT molecular complexity index is 263. The van der Waals surface area contributed by atoms with E-state index in [2.05, 4.69) is 0 Å². The fourth-order valence-corrected chi connectivity index (χ4v) is 1.24. The molecule has 0 spiro atoms. The van der Waals surface area contributed by atoms with Crippen LogP contribution in [0.3, 0.4) is 0 Å². The third-order valence-corrected chi connectivity index (χ3v) is 2.14. The first-order valence-corrected chi connectivity index (χ1v) is 4.49. The van der Waals surface area contributed by atoms with Crippen molar-refractivity contribution in [2.75, 3.05) is 6.61 Å². The highest BCUT2D eigenvalue weighted by atomic mass is 16.3. The van der Waals surface area contributed by atoms with Gasteiger partial charge in [0, 0.05) is 11.5 Å². The van der Waals surface area contributed by atoms with Crippen LogP contribution in [0.25, 0.3) is 0 Å². The SMILES string of the molecule is CC[C@H](CO)C(=O)c1ccccc1. The summed E-state index contributed by atoms with van der Waals surface area (Å²) < 4.78 is 0. The monoisotopic (exact) mass is 178 g/mol. The van der Waals surface area contributed by atoms with E-state index >= 15 is 0 Å². The summed E-state index contributed by atoms with van der Waals surface area (Å²) in [4.78, 5) is 11.6. The van der Waals surface area contributed by atoms with Gasteiger partial charge in [0.1, 0.15) is 0 Å². The van der Waals surface area contributed by atoms with Crippen molar-refractivity contribution in [2.24, 2.45) is 5.92 Å². The molecule has 0 fully saturated rings. The molecule has 0 saturated carbocycles. The highest BCUT2D eigenvalue weighted by Crippen LogP contribution is 2.11. The Labute approximate surface area is 78.2 Å². The van der Waals surface area contributed by atoms with Gasteiger partial charge in [-0.15, -0.1) is 0 Å². The third kappa shape index (κ3) is 2.39. The minimum absolute atomic E-state index is 0.0330. The van der Waals surface area contributed by atoms with Crippen molar-refractivity contribution in [2.45, 2.75) is 13.3 Å². The highest BCUT2D eigenvalue weighted by Gasteiger charge is 2.16. The third-order valence-electron chi connectivity index (χ3n) is 2.14. The molecule has 1 atom stereocenters. The van der Waals surface area contributed by atoms with Crippen LogP contribution in [-0.2, 0) is 0 Å². The number of rotatable bonds is 4. The van der Waals surface area contributed by atoms with E-state index in [1.807, 2.05) is 25.1 Å². The zero-order valence-electron chi connectivity index (χ0n) is 7.73. The van der Waals surface area contributed by atoms with Crippen molar-refractivity contribution in [3.63, 3.8) is 0 Å². The summed E-state index contributed by atoms with van der Waals surface area (Å²) in [5, 5.41) is 8.94. The number of ketones is 1. The van der Waals surface area contributed by atoms with Gasteiger partial charge in [-0.05, 0) is 6.42 Å². The maximum Gasteiger partial charge on any atom is 0.168 e. The van der Waals surface area contributed by atoms with Gasteiger partial charge in [0.2, 0.25) is 0 Å². The predicted octanol–water partition coefficient (Wildman–Crippen LogP) is 1.89. The smallest absolute Gasteiger partial charge is 0.168 e. The standard InChI is InChI=1S/C11H14O2/c1-2-9(8-12)11(13)10-6-4-3-5-7-10/h3-7,9,12H,2,8H2,1H3/t9-/m1/s1. The molecule has 0 radical (unpaired) electrons. The van der Waals surface area contributed by atoms with Gasteiger partial charge >= 0.3 is 0 Å². The van der Waals surface area contributed by atoms with Crippen molar-refractivity contribution in [3.05, 3.63) is 35.9 Å². The summed E-state index contributed by atoms with van der Waals surface area (Å²) in [5.74, 6) is -0.215. The molecule has 1 rings (SSSR count).